The molecule has 1 N–H and O–H groups in total. The summed E-state index contributed by atoms with van der Waals surface area (Å²) in [6.45, 7) is 6.40. The van der Waals surface area contributed by atoms with Crippen LogP contribution >= 0.6 is 0 Å². The summed E-state index contributed by atoms with van der Waals surface area (Å²) in [7, 11) is 0. The molecule has 2 unspecified atom stereocenters. The van der Waals surface area contributed by atoms with Crippen molar-refractivity contribution in [3.63, 3.8) is 0 Å². The van der Waals surface area contributed by atoms with Gasteiger partial charge in [0.15, 0.2) is 0 Å². The van der Waals surface area contributed by atoms with E-state index in [0.717, 1.165) is 12.1 Å². The summed E-state index contributed by atoms with van der Waals surface area (Å²) >= 11 is 0. The van der Waals surface area contributed by atoms with Gasteiger partial charge in [-0.3, -0.25) is 14.7 Å². The van der Waals surface area contributed by atoms with Crippen molar-refractivity contribution in [2.24, 2.45) is 5.92 Å². The highest BCUT2D eigenvalue weighted by atomic mass is 16.5. The highest BCUT2D eigenvalue weighted by Gasteiger charge is 2.37. The number of ether oxygens (including phenoxy) is 1. The van der Waals surface area contributed by atoms with Gasteiger partial charge in [-0.15, -0.1) is 0 Å². The topological polar surface area (TPSA) is 62.7 Å². The summed E-state index contributed by atoms with van der Waals surface area (Å²) < 4.78 is 5.34. The van der Waals surface area contributed by atoms with Gasteiger partial charge in [0.2, 0.25) is 0 Å². The third kappa shape index (κ3) is 3.11. The maximum Gasteiger partial charge on any atom is 0.310 e. The van der Waals surface area contributed by atoms with Gasteiger partial charge in [-0.2, -0.15) is 0 Å². The first-order valence-electron chi connectivity index (χ1n) is 6.57. The molecule has 1 fully saturated rings. The first kappa shape index (κ1) is 14.0. The van der Waals surface area contributed by atoms with Gasteiger partial charge in [-0.05, 0) is 30.7 Å². The Balaban J connectivity index is 2.12. The Labute approximate surface area is 113 Å². The quantitative estimate of drug-likeness (QED) is 0.869. The highest BCUT2D eigenvalue weighted by Crippen LogP contribution is 2.22. The fraction of sp³-hybridized carbons (Fsp3) is 0.571. The summed E-state index contributed by atoms with van der Waals surface area (Å²) in [4.78, 5) is 17.5. The van der Waals surface area contributed by atoms with Crippen molar-refractivity contribution in [1.82, 2.24) is 9.88 Å². The van der Waals surface area contributed by atoms with Crippen molar-refractivity contribution in [3.05, 3.63) is 29.6 Å². The fourth-order valence-corrected chi connectivity index (χ4v) is 2.48. The van der Waals surface area contributed by atoms with Crippen LogP contribution in [0.2, 0.25) is 0 Å². The van der Waals surface area contributed by atoms with E-state index >= 15 is 0 Å². The molecule has 2 heterocycles. The molecule has 0 bridgehead atoms. The van der Waals surface area contributed by atoms with Crippen LogP contribution < -0.4 is 0 Å². The van der Waals surface area contributed by atoms with Gasteiger partial charge in [0.05, 0.1) is 19.1 Å². The number of hydrogen-bond acceptors (Lipinski definition) is 4. The maximum absolute atomic E-state index is 11.2. The van der Waals surface area contributed by atoms with Gasteiger partial charge in [0, 0.05) is 25.0 Å². The monoisotopic (exact) mass is 264 g/mol. The van der Waals surface area contributed by atoms with Crippen LogP contribution in [-0.2, 0) is 16.1 Å². The predicted molar refractivity (Wildman–Crippen MR) is 70.8 cm³/mol. The van der Waals surface area contributed by atoms with E-state index in [-0.39, 0.29) is 6.04 Å². The zero-order chi connectivity index (χ0) is 13.8. The minimum atomic E-state index is -0.774. The number of nitrogens with zero attached hydrogens (tertiary/aromatic N) is 2. The number of pyridine rings is 1. The molecule has 104 valence electrons. The fourth-order valence-electron chi connectivity index (χ4n) is 2.48. The largest absolute Gasteiger partial charge is 0.481 e. The summed E-state index contributed by atoms with van der Waals surface area (Å²) in [5, 5.41) is 9.23. The van der Waals surface area contributed by atoms with Crippen molar-refractivity contribution < 1.29 is 14.6 Å². The second-order valence-corrected chi connectivity index (χ2v) is 4.91. The predicted octanol–water partition coefficient (Wildman–Crippen LogP) is 1.31. The van der Waals surface area contributed by atoms with E-state index in [2.05, 4.69) is 9.88 Å². The van der Waals surface area contributed by atoms with Gasteiger partial charge < -0.3 is 9.84 Å². The summed E-state index contributed by atoms with van der Waals surface area (Å²) in [5.41, 5.74) is 2.32. The Morgan fingerprint density at radius 3 is 3.00 bits per heavy atom. The molecule has 1 aromatic heterocycles. The molecular weight excluding hydrogens is 244 g/mol. The van der Waals surface area contributed by atoms with Gasteiger partial charge in [0.25, 0.3) is 0 Å². The number of aryl methyl sites for hydroxylation is 1. The normalized spacial score (nSPS) is 22.9. The Morgan fingerprint density at radius 2 is 2.37 bits per heavy atom. The molecule has 0 radical (unpaired) electrons. The summed E-state index contributed by atoms with van der Waals surface area (Å²) in [6, 6.07) is 1.92. The number of aromatic nitrogens is 1. The second-order valence-electron chi connectivity index (χ2n) is 4.91. The van der Waals surface area contributed by atoms with E-state index < -0.39 is 11.9 Å². The number of hydrogen-bond donors (Lipinski definition) is 1. The van der Waals surface area contributed by atoms with Crippen LogP contribution in [0, 0.1) is 12.8 Å². The molecule has 19 heavy (non-hydrogen) atoms. The lowest BCUT2D eigenvalue weighted by molar-refractivity contribution is -0.143. The van der Waals surface area contributed by atoms with Crippen LogP contribution in [0.3, 0.4) is 0 Å². The average molecular weight is 264 g/mol. The van der Waals surface area contributed by atoms with E-state index in [9.17, 15) is 9.90 Å². The maximum atomic E-state index is 11.2. The van der Waals surface area contributed by atoms with Crippen LogP contribution in [0.25, 0.3) is 0 Å². The number of carbonyl (C=O) groups is 1. The van der Waals surface area contributed by atoms with Crippen molar-refractivity contribution in [2.75, 3.05) is 19.8 Å². The first-order valence-corrected chi connectivity index (χ1v) is 6.57. The van der Waals surface area contributed by atoms with E-state index in [0.29, 0.717) is 19.8 Å². The third-order valence-electron chi connectivity index (χ3n) is 3.76. The Bertz CT molecular complexity index is 450. The van der Waals surface area contributed by atoms with E-state index in [1.165, 1.54) is 5.56 Å². The number of likely N-dealkylation sites (N-methyl/N-ethyl adjacent to an activating group) is 1. The molecular formula is C14H20N2O3. The molecule has 1 aliphatic rings. The lowest BCUT2D eigenvalue weighted by Gasteiger charge is -2.29. The first-order chi connectivity index (χ1) is 9.13. The number of carboxylic acids is 1. The zero-order valence-corrected chi connectivity index (χ0v) is 11.4. The van der Waals surface area contributed by atoms with Gasteiger partial charge in [0.1, 0.15) is 0 Å². The van der Waals surface area contributed by atoms with Crippen molar-refractivity contribution in [1.29, 1.82) is 0 Å². The number of carboxylic acid groups (broad SMARTS) is 1. The van der Waals surface area contributed by atoms with E-state index in [1.807, 2.05) is 26.1 Å². The van der Waals surface area contributed by atoms with Crippen molar-refractivity contribution >= 4 is 5.97 Å². The van der Waals surface area contributed by atoms with E-state index in [1.54, 1.807) is 6.20 Å². The zero-order valence-electron chi connectivity index (χ0n) is 11.4. The van der Waals surface area contributed by atoms with Gasteiger partial charge in [-0.1, -0.05) is 6.92 Å². The lowest BCUT2D eigenvalue weighted by atomic mass is 10.0. The molecule has 5 heteroatoms. The Morgan fingerprint density at radius 1 is 1.58 bits per heavy atom. The summed E-state index contributed by atoms with van der Waals surface area (Å²) in [5.74, 6) is -1.21. The average Bonchev–Trinajstić information content (AvgIpc) is 2.87. The SMILES string of the molecule is CCN(Cc1cnccc1C)C1COCC1C(=O)O. The molecule has 0 spiro atoms. The second kappa shape index (κ2) is 6.12. The van der Waals surface area contributed by atoms with Gasteiger partial charge in [-0.25, -0.2) is 0 Å². The van der Waals surface area contributed by atoms with Crippen LogP contribution in [0.1, 0.15) is 18.1 Å². The minimum Gasteiger partial charge on any atom is -0.481 e. The smallest absolute Gasteiger partial charge is 0.310 e. The molecule has 0 aliphatic carbocycles. The number of aliphatic carboxylic acids is 1. The standard InChI is InChI=1S/C14H20N2O3/c1-3-16(7-11-6-15-5-4-10(11)2)13-9-19-8-12(13)14(17)18/h4-6,12-13H,3,7-9H2,1-2H3,(H,17,18). The molecule has 0 aromatic carbocycles. The van der Waals surface area contributed by atoms with Crippen molar-refractivity contribution in [2.45, 2.75) is 26.4 Å². The van der Waals surface area contributed by atoms with Gasteiger partial charge >= 0.3 is 5.97 Å². The molecule has 1 aliphatic heterocycles. The molecule has 1 aromatic rings. The highest BCUT2D eigenvalue weighted by molar-refractivity contribution is 5.71. The van der Waals surface area contributed by atoms with Crippen molar-refractivity contribution in [3.8, 4) is 0 Å². The van der Waals surface area contributed by atoms with Crippen LogP contribution in [0.4, 0.5) is 0 Å². The van der Waals surface area contributed by atoms with Crippen LogP contribution in [-0.4, -0.2) is 46.8 Å². The molecule has 2 atom stereocenters. The van der Waals surface area contributed by atoms with Crippen LogP contribution in [0.5, 0.6) is 0 Å². The van der Waals surface area contributed by atoms with E-state index in [4.69, 9.17) is 4.74 Å². The number of rotatable bonds is 5. The molecule has 0 saturated carbocycles. The minimum absolute atomic E-state index is 0.0536. The molecule has 5 nitrogen and oxygen atoms in total. The summed E-state index contributed by atoms with van der Waals surface area (Å²) in [6.07, 6.45) is 3.62. The molecule has 0 amide bonds. The molecule has 2 rings (SSSR count). The Kier molecular flexibility index (Phi) is 4.50. The molecule has 1 saturated heterocycles. The lowest BCUT2D eigenvalue weighted by Crippen LogP contribution is -2.42. The van der Waals surface area contributed by atoms with Crippen LogP contribution in [0.15, 0.2) is 18.5 Å². The third-order valence-corrected chi connectivity index (χ3v) is 3.76. The Hall–Kier alpha value is -1.46.